The summed E-state index contributed by atoms with van der Waals surface area (Å²) in [5.74, 6) is 0. The molecule has 1 saturated heterocycles. The number of hydrogen-bond donors (Lipinski definition) is 2. The second kappa shape index (κ2) is 6.46. The van der Waals surface area contributed by atoms with Crippen LogP contribution in [0.5, 0.6) is 0 Å². The third-order valence-electron chi connectivity index (χ3n) is 3.98. The predicted molar refractivity (Wildman–Crippen MR) is 90.5 cm³/mol. The van der Waals surface area contributed by atoms with Crippen molar-refractivity contribution in [3.05, 3.63) is 28.0 Å². The lowest BCUT2D eigenvalue weighted by Crippen LogP contribution is -2.45. The van der Waals surface area contributed by atoms with Crippen LogP contribution in [0.4, 0.5) is 23.2 Å². The van der Waals surface area contributed by atoms with Crippen LogP contribution in [0.15, 0.2) is 24.3 Å². The third kappa shape index (κ3) is 3.73. The molecule has 2 N–H and O–H groups in total. The number of hydrogen-bond acceptors (Lipinski definition) is 2. The van der Waals surface area contributed by atoms with E-state index in [0.29, 0.717) is 33.3 Å². The number of nitrogens with one attached hydrogen (secondary N) is 2. The van der Waals surface area contributed by atoms with Crippen LogP contribution < -0.4 is 10.6 Å². The Labute approximate surface area is 144 Å². The Bertz CT molecular complexity index is 698. The maximum Gasteiger partial charge on any atom is 0.406 e. The van der Waals surface area contributed by atoms with Crippen LogP contribution in [-0.4, -0.2) is 36.0 Å². The van der Waals surface area contributed by atoms with Crippen molar-refractivity contribution in [1.29, 1.82) is 0 Å². The summed E-state index contributed by atoms with van der Waals surface area (Å²) in [5.41, 5.74) is 1.18. The normalized spacial score (nSPS) is 22.5. The van der Waals surface area contributed by atoms with Gasteiger partial charge in [0.05, 0.1) is 15.3 Å². The van der Waals surface area contributed by atoms with Crippen LogP contribution in [-0.2, 0) is 6.54 Å². The zero-order chi connectivity index (χ0) is 16.6. The van der Waals surface area contributed by atoms with Gasteiger partial charge in [-0.05, 0) is 53.8 Å². The Morgan fingerprint density at radius 2 is 2.13 bits per heavy atom. The van der Waals surface area contributed by atoms with Crippen molar-refractivity contribution in [3.63, 3.8) is 0 Å². The number of benzene rings is 1. The van der Waals surface area contributed by atoms with Gasteiger partial charge in [0.15, 0.2) is 0 Å². The molecule has 1 fully saturated rings. The van der Waals surface area contributed by atoms with Crippen molar-refractivity contribution in [2.24, 2.45) is 0 Å². The van der Waals surface area contributed by atoms with Gasteiger partial charge in [0.2, 0.25) is 0 Å². The van der Waals surface area contributed by atoms with E-state index < -0.39 is 18.9 Å². The summed E-state index contributed by atoms with van der Waals surface area (Å²) >= 11 is 1.90. The molecule has 1 unspecified atom stereocenters. The first-order valence-electron chi connectivity index (χ1n) is 7.31. The fourth-order valence-corrected chi connectivity index (χ4v) is 3.64. The van der Waals surface area contributed by atoms with E-state index >= 15 is 0 Å². The van der Waals surface area contributed by atoms with Gasteiger partial charge in [0.25, 0.3) is 0 Å². The third-order valence-corrected chi connectivity index (χ3v) is 4.88. The summed E-state index contributed by atoms with van der Waals surface area (Å²) in [7, 11) is 0. The fourth-order valence-electron chi connectivity index (χ4n) is 2.90. The number of halogens is 5. The van der Waals surface area contributed by atoms with Gasteiger partial charge < -0.3 is 15.2 Å². The van der Waals surface area contributed by atoms with Gasteiger partial charge >= 0.3 is 6.18 Å². The van der Waals surface area contributed by atoms with E-state index in [0.717, 1.165) is 6.54 Å². The maximum absolute atomic E-state index is 14.0. The van der Waals surface area contributed by atoms with Crippen LogP contribution >= 0.6 is 22.6 Å². The lowest BCUT2D eigenvalue weighted by Gasteiger charge is -2.28. The van der Waals surface area contributed by atoms with Gasteiger partial charge in [-0.15, -0.1) is 0 Å². The number of fused-ring (bicyclic) bond motifs is 1. The van der Waals surface area contributed by atoms with E-state index in [1.807, 2.05) is 22.6 Å². The SMILES string of the molecule is F[C@@H]1CNCCC1Nc1cccc2c1cc(I)n2CC(F)(F)F. The smallest absolute Gasteiger partial charge is 0.379 e. The molecule has 2 aromatic rings. The minimum Gasteiger partial charge on any atom is -0.379 e. The zero-order valence-electron chi connectivity index (χ0n) is 12.1. The predicted octanol–water partition coefficient (Wildman–Crippen LogP) is 3.92. The highest BCUT2D eigenvalue weighted by atomic mass is 127. The van der Waals surface area contributed by atoms with Crippen LogP contribution in [0.2, 0.25) is 0 Å². The summed E-state index contributed by atoms with van der Waals surface area (Å²) in [5, 5.41) is 6.83. The Hall–Kier alpha value is -1.03. The van der Waals surface area contributed by atoms with Crippen LogP contribution in [0.1, 0.15) is 6.42 Å². The van der Waals surface area contributed by atoms with Crippen molar-refractivity contribution in [2.75, 3.05) is 18.4 Å². The molecule has 1 aromatic carbocycles. The van der Waals surface area contributed by atoms with Gasteiger partial charge in [-0.1, -0.05) is 6.07 Å². The van der Waals surface area contributed by atoms with Crippen molar-refractivity contribution < 1.29 is 17.6 Å². The molecule has 1 aromatic heterocycles. The number of nitrogens with zero attached hydrogens (tertiary/aromatic N) is 1. The highest BCUT2D eigenvalue weighted by Crippen LogP contribution is 2.31. The van der Waals surface area contributed by atoms with E-state index in [1.165, 1.54) is 4.57 Å². The molecule has 3 rings (SSSR count). The first-order valence-corrected chi connectivity index (χ1v) is 8.39. The molecule has 0 amide bonds. The average Bonchev–Trinajstić information content (AvgIpc) is 2.77. The van der Waals surface area contributed by atoms with Crippen LogP contribution in [0.3, 0.4) is 0 Å². The number of alkyl halides is 4. The summed E-state index contributed by atoms with van der Waals surface area (Å²) in [6, 6.07) is 6.51. The molecule has 0 radical (unpaired) electrons. The minimum atomic E-state index is -4.28. The summed E-state index contributed by atoms with van der Waals surface area (Å²) < 4.78 is 54.0. The first-order chi connectivity index (χ1) is 10.8. The van der Waals surface area contributed by atoms with Crippen molar-refractivity contribution >= 4 is 39.2 Å². The van der Waals surface area contributed by atoms with E-state index in [-0.39, 0.29) is 6.04 Å². The highest BCUT2D eigenvalue weighted by Gasteiger charge is 2.30. The largest absolute Gasteiger partial charge is 0.406 e. The van der Waals surface area contributed by atoms with Gasteiger partial charge in [-0.3, -0.25) is 0 Å². The molecule has 126 valence electrons. The fraction of sp³-hybridized carbons (Fsp3) is 0.467. The molecule has 2 heterocycles. The number of rotatable bonds is 3. The molecule has 0 aliphatic carbocycles. The van der Waals surface area contributed by atoms with E-state index in [4.69, 9.17) is 0 Å². The number of piperidine rings is 1. The van der Waals surface area contributed by atoms with E-state index in [9.17, 15) is 17.6 Å². The summed E-state index contributed by atoms with van der Waals surface area (Å²) in [6.07, 6.45) is -4.66. The second-order valence-electron chi connectivity index (χ2n) is 5.67. The Kier molecular flexibility index (Phi) is 4.73. The number of aromatic nitrogens is 1. The molecule has 23 heavy (non-hydrogen) atoms. The second-order valence-corrected chi connectivity index (χ2v) is 6.77. The zero-order valence-corrected chi connectivity index (χ0v) is 14.3. The molecular weight excluding hydrogens is 425 g/mol. The first kappa shape index (κ1) is 16.8. The quantitative estimate of drug-likeness (QED) is 0.559. The Morgan fingerprint density at radius 3 is 2.83 bits per heavy atom. The van der Waals surface area contributed by atoms with Crippen molar-refractivity contribution in [3.8, 4) is 0 Å². The lowest BCUT2D eigenvalue weighted by molar-refractivity contribution is -0.140. The molecule has 0 saturated carbocycles. The highest BCUT2D eigenvalue weighted by molar-refractivity contribution is 14.1. The van der Waals surface area contributed by atoms with Crippen LogP contribution in [0, 0.1) is 3.70 Å². The van der Waals surface area contributed by atoms with Gasteiger partial charge in [-0.2, -0.15) is 13.2 Å². The topological polar surface area (TPSA) is 29.0 Å². The molecule has 2 atom stereocenters. The number of anilines is 1. The molecule has 1 aliphatic heterocycles. The standard InChI is InChI=1S/C15H16F4IN3/c16-10-7-21-5-4-12(10)22-11-2-1-3-13-9(11)6-14(20)23(13)8-15(17,18)19/h1-3,6,10,12,21-22H,4-5,7-8H2/t10-,12?/m1/s1. The summed E-state index contributed by atoms with van der Waals surface area (Å²) in [6.45, 7) is -0.0156. The summed E-state index contributed by atoms with van der Waals surface area (Å²) in [4.78, 5) is 0. The van der Waals surface area contributed by atoms with Gasteiger partial charge in [0.1, 0.15) is 12.7 Å². The molecular formula is C15H16F4IN3. The monoisotopic (exact) mass is 441 g/mol. The molecule has 0 bridgehead atoms. The van der Waals surface area contributed by atoms with Crippen molar-refractivity contribution in [2.45, 2.75) is 31.4 Å². The van der Waals surface area contributed by atoms with E-state index in [2.05, 4.69) is 10.6 Å². The molecule has 8 heteroatoms. The van der Waals surface area contributed by atoms with E-state index in [1.54, 1.807) is 24.3 Å². The van der Waals surface area contributed by atoms with Gasteiger partial charge in [-0.25, -0.2) is 4.39 Å². The molecule has 3 nitrogen and oxygen atoms in total. The minimum absolute atomic E-state index is 0.292. The maximum atomic E-state index is 14.0. The van der Waals surface area contributed by atoms with Crippen molar-refractivity contribution in [1.82, 2.24) is 9.88 Å². The van der Waals surface area contributed by atoms with Crippen LogP contribution in [0.25, 0.3) is 10.9 Å². The Balaban J connectivity index is 1.94. The average molecular weight is 441 g/mol. The molecule has 1 aliphatic rings. The molecule has 0 spiro atoms. The Morgan fingerprint density at radius 1 is 1.35 bits per heavy atom. The lowest BCUT2D eigenvalue weighted by atomic mass is 10.0. The van der Waals surface area contributed by atoms with Gasteiger partial charge in [0, 0.05) is 17.6 Å².